The van der Waals surface area contributed by atoms with Crippen LogP contribution in [0.25, 0.3) is 0 Å². The molecular weight excluding hydrogens is 270 g/mol. The van der Waals surface area contributed by atoms with Crippen LogP contribution in [-0.2, 0) is 13.0 Å². The highest BCUT2D eigenvalue weighted by Gasteiger charge is 2.22. The van der Waals surface area contributed by atoms with Gasteiger partial charge in [0.25, 0.3) is 0 Å². The number of ether oxygens (including phenoxy) is 2. The Balaban J connectivity index is 1.64. The molecule has 2 aliphatic heterocycles. The summed E-state index contributed by atoms with van der Waals surface area (Å²) in [5.74, 6) is 5.47. The number of fused-ring (bicyclic) bond motifs is 1. The molecule has 110 valence electrons. The van der Waals surface area contributed by atoms with Crippen LogP contribution in [0.3, 0.4) is 0 Å². The van der Waals surface area contributed by atoms with Gasteiger partial charge in [-0.3, -0.25) is 0 Å². The lowest BCUT2D eigenvalue weighted by atomic mass is 10.1. The van der Waals surface area contributed by atoms with Crippen molar-refractivity contribution >= 4 is 11.8 Å². The maximum absolute atomic E-state index is 5.84. The van der Waals surface area contributed by atoms with Crippen LogP contribution in [0.4, 0.5) is 0 Å². The van der Waals surface area contributed by atoms with Crippen molar-refractivity contribution in [3.05, 3.63) is 23.3 Å². The summed E-state index contributed by atoms with van der Waals surface area (Å²) >= 11 is 2.07. The quantitative estimate of drug-likeness (QED) is 0.904. The molecule has 3 nitrogen and oxygen atoms in total. The van der Waals surface area contributed by atoms with Crippen molar-refractivity contribution in [2.45, 2.75) is 32.4 Å². The van der Waals surface area contributed by atoms with Crippen LogP contribution in [0.2, 0.25) is 0 Å². The zero-order valence-corrected chi connectivity index (χ0v) is 13.1. The van der Waals surface area contributed by atoms with Crippen LogP contribution in [0, 0.1) is 5.92 Å². The second kappa shape index (κ2) is 6.27. The minimum atomic E-state index is 0.286. The number of rotatable bonds is 5. The average molecular weight is 293 g/mol. The molecule has 1 fully saturated rings. The first-order valence-electron chi connectivity index (χ1n) is 7.41. The fraction of sp³-hybridized carbons (Fsp3) is 0.625. The van der Waals surface area contributed by atoms with Gasteiger partial charge in [-0.1, -0.05) is 0 Å². The van der Waals surface area contributed by atoms with Crippen molar-refractivity contribution < 1.29 is 9.47 Å². The molecule has 0 bridgehead atoms. The molecule has 2 aliphatic rings. The van der Waals surface area contributed by atoms with Gasteiger partial charge in [0.15, 0.2) is 0 Å². The van der Waals surface area contributed by atoms with Crippen molar-refractivity contribution in [2.24, 2.45) is 5.92 Å². The Morgan fingerprint density at radius 3 is 3.10 bits per heavy atom. The summed E-state index contributed by atoms with van der Waals surface area (Å²) < 4.78 is 11.4. The van der Waals surface area contributed by atoms with Crippen molar-refractivity contribution in [3.8, 4) is 11.5 Å². The van der Waals surface area contributed by atoms with E-state index in [0.29, 0.717) is 0 Å². The van der Waals surface area contributed by atoms with E-state index in [1.165, 1.54) is 29.1 Å². The molecular formula is C16H23NO2S. The Morgan fingerprint density at radius 1 is 1.45 bits per heavy atom. The van der Waals surface area contributed by atoms with Gasteiger partial charge in [-0.05, 0) is 49.4 Å². The van der Waals surface area contributed by atoms with Gasteiger partial charge in [-0.15, -0.1) is 0 Å². The highest BCUT2D eigenvalue weighted by molar-refractivity contribution is 7.99. The van der Waals surface area contributed by atoms with Gasteiger partial charge in [-0.2, -0.15) is 11.8 Å². The van der Waals surface area contributed by atoms with E-state index < -0.39 is 0 Å². The van der Waals surface area contributed by atoms with Gasteiger partial charge in [0.2, 0.25) is 0 Å². The molecule has 0 saturated carbocycles. The summed E-state index contributed by atoms with van der Waals surface area (Å²) in [6, 6.07) is 4.29. The second-order valence-electron chi connectivity index (χ2n) is 5.76. The third kappa shape index (κ3) is 3.07. The van der Waals surface area contributed by atoms with Gasteiger partial charge >= 0.3 is 0 Å². The first kappa shape index (κ1) is 14.1. The standard InChI is InChI=1S/C16H23NO2S/c1-11-5-13-6-15(18-2)14(7-16(13)19-11)9-17-8-12-3-4-20-10-12/h6-7,11-12,17H,3-5,8-10H2,1-2H3. The van der Waals surface area contributed by atoms with Crippen LogP contribution in [0.1, 0.15) is 24.5 Å². The topological polar surface area (TPSA) is 30.5 Å². The summed E-state index contributed by atoms with van der Waals surface area (Å²) in [6.07, 6.45) is 2.62. The normalized spacial score (nSPS) is 24.5. The van der Waals surface area contributed by atoms with E-state index in [1.807, 2.05) is 0 Å². The Hall–Kier alpha value is -0.870. The minimum absolute atomic E-state index is 0.286. The zero-order chi connectivity index (χ0) is 13.9. The fourth-order valence-electron chi connectivity index (χ4n) is 2.96. The predicted molar refractivity (Wildman–Crippen MR) is 83.9 cm³/mol. The van der Waals surface area contributed by atoms with Crippen LogP contribution in [-0.4, -0.2) is 31.3 Å². The maximum atomic E-state index is 5.84. The molecule has 0 aliphatic carbocycles. The Kier molecular flexibility index (Phi) is 4.41. The molecule has 1 N–H and O–H groups in total. The summed E-state index contributed by atoms with van der Waals surface area (Å²) in [5.41, 5.74) is 2.47. The number of hydrogen-bond acceptors (Lipinski definition) is 4. The molecule has 1 aromatic carbocycles. The maximum Gasteiger partial charge on any atom is 0.123 e. The molecule has 0 radical (unpaired) electrons. The number of nitrogens with one attached hydrogen (secondary N) is 1. The van der Waals surface area contributed by atoms with Crippen LogP contribution < -0.4 is 14.8 Å². The van der Waals surface area contributed by atoms with Gasteiger partial charge < -0.3 is 14.8 Å². The summed E-state index contributed by atoms with van der Waals surface area (Å²) in [4.78, 5) is 0. The average Bonchev–Trinajstić information content (AvgIpc) is 3.05. The highest BCUT2D eigenvalue weighted by Crippen LogP contribution is 2.35. The monoisotopic (exact) mass is 293 g/mol. The summed E-state index contributed by atoms with van der Waals surface area (Å²) in [5, 5.41) is 3.57. The van der Waals surface area contributed by atoms with Crippen LogP contribution in [0.5, 0.6) is 11.5 Å². The summed E-state index contributed by atoms with van der Waals surface area (Å²) in [7, 11) is 1.75. The molecule has 2 unspecified atom stereocenters. The lowest BCUT2D eigenvalue weighted by molar-refractivity contribution is 0.254. The summed E-state index contributed by atoms with van der Waals surface area (Å²) in [6.45, 7) is 4.07. The minimum Gasteiger partial charge on any atom is -0.496 e. The van der Waals surface area contributed by atoms with E-state index in [-0.39, 0.29) is 6.10 Å². The van der Waals surface area contributed by atoms with E-state index in [0.717, 1.165) is 36.9 Å². The SMILES string of the molecule is COc1cc2c(cc1CNCC1CCSC1)OC(C)C2. The first-order chi connectivity index (χ1) is 9.76. The molecule has 0 amide bonds. The predicted octanol–water partition coefficient (Wildman–Crippen LogP) is 2.86. The van der Waals surface area contributed by atoms with Crippen molar-refractivity contribution in [3.63, 3.8) is 0 Å². The number of thioether (sulfide) groups is 1. The molecule has 4 heteroatoms. The first-order valence-corrected chi connectivity index (χ1v) is 8.56. The number of benzene rings is 1. The van der Waals surface area contributed by atoms with Crippen LogP contribution >= 0.6 is 11.8 Å². The lowest BCUT2D eigenvalue weighted by Crippen LogP contribution is -2.22. The van der Waals surface area contributed by atoms with Crippen molar-refractivity contribution in [1.29, 1.82) is 0 Å². The lowest BCUT2D eigenvalue weighted by Gasteiger charge is -2.14. The van der Waals surface area contributed by atoms with E-state index in [1.54, 1.807) is 7.11 Å². The molecule has 2 atom stereocenters. The highest BCUT2D eigenvalue weighted by atomic mass is 32.2. The molecule has 1 saturated heterocycles. The van der Waals surface area contributed by atoms with Gasteiger partial charge in [0.1, 0.15) is 17.6 Å². The second-order valence-corrected chi connectivity index (χ2v) is 6.91. The van der Waals surface area contributed by atoms with E-state index >= 15 is 0 Å². The number of methoxy groups -OCH3 is 1. The van der Waals surface area contributed by atoms with E-state index in [9.17, 15) is 0 Å². The molecule has 0 spiro atoms. The van der Waals surface area contributed by atoms with Gasteiger partial charge in [-0.25, -0.2) is 0 Å². The zero-order valence-electron chi connectivity index (χ0n) is 12.3. The Morgan fingerprint density at radius 2 is 2.35 bits per heavy atom. The Labute approximate surface area is 125 Å². The third-order valence-electron chi connectivity index (χ3n) is 4.07. The third-order valence-corrected chi connectivity index (χ3v) is 5.30. The molecule has 20 heavy (non-hydrogen) atoms. The van der Waals surface area contributed by atoms with Gasteiger partial charge in [0, 0.05) is 24.1 Å². The molecule has 3 rings (SSSR count). The van der Waals surface area contributed by atoms with Crippen LogP contribution in [0.15, 0.2) is 12.1 Å². The van der Waals surface area contributed by atoms with Gasteiger partial charge in [0.05, 0.1) is 7.11 Å². The van der Waals surface area contributed by atoms with Crippen molar-refractivity contribution in [1.82, 2.24) is 5.32 Å². The molecule has 0 aromatic heterocycles. The number of hydrogen-bond donors (Lipinski definition) is 1. The molecule has 1 aromatic rings. The smallest absolute Gasteiger partial charge is 0.123 e. The van der Waals surface area contributed by atoms with Crippen molar-refractivity contribution in [2.75, 3.05) is 25.2 Å². The van der Waals surface area contributed by atoms with E-state index in [4.69, 9.17) is 9.47 Å². The Bertz CT molecular complexity index is 472. The van der Waals surface area contributed by atoms with E-state index in [2.05, 4.69) is 36.1 Å². The fourth-order valence-corrected chi connectivity index (χ4v) is 4.25. The largest absolute Gasteiger partial charge is 0.496 e. The molecule has 2 heterocycles.